The number of rotatable bonds is 3. The molecule has 1 aromatic carbocycles. The number of nitrogens with two attached hydrogens (primary N) is 1. The minimum atomic E-state index is -4.26. The fraction of sp³-hybridized carbons (Fsp3) is 0.571. The Morgan fingerprint density at radius 3 is 2.42 bits per heavy atom. The third-order valence-corrected chi connectivity index (χ3v) is 3.59. The molecule has 0 heterocycles. The van der Waals surface area contributed by atoms with Crippen LogP contribution in [0.3, 0.4) is 0 Å². The van der Waals surface area contributed by atoms with Crippen LogP contribution in [0.15, 0.2) is 24.3 Å². The van der Waals surface area contributed by atoms with Gasteiger partial charge in [0.2, 0.25) is 0 Å². The molecule has 2 atom stereocenters. The average molecular weight is 272 g/mol. The van der Waals surface area contributed by atoms with Crippen molar-refractivity contribution in [2.24, 2.45) is 5.73 Å². The van der Waals surface area contributed by atoms with Gasteiger partial charge < -0.3 is 11.1 Å². The van der Waals surface area contributed by atoms with Gasteiger partial charge in [-0.05, 0) is 37.0 Å². The van der Waals surface area contributed by atoms with Crippen LogP contribution in [-0.2, 0) is 12.7 Å². The molecule has 1 aliphatic carbocycles. The molecule has 5 heteroatoms. The Hall–Kier alpha value is -1.07. The molecule has 2 nitrogen and oxygen atoms in total. The van der Waals surface area contributed by atoms with Gasteiger partial charge in [0.05, 0.1) is 5.56 Å². The zero-order valence-electron chi connectivity index (χ0n) is 10.7. The SMILES string of the molecule is NC1CCCC(NCc2ccc(C(F)(F)F)cc2)C1. The van der Waals surface area contributed by atoms with Gasteiger partial charge in [-0.15, -0.1) is 0 Å². The molecule has 0 aromatic heterocycles. The largest absolute Gasteiger partial charge is 0.416 e. The average Bonchev–Trinajstić information content (AvgIpc) is 2.36. The van der Waals surface area contributed by atoms with Crippen LogP contribution in [-0.4, -0.2) is 12.1 Å². The molecule has 0 saturated heterocycles. The van der Waals surface area contributed by atoms with E-state index in [1.165, 1.54) is 12.1 Å². The summed E-state index contributed by atoms with van der Waals surface area (Å²) in [6.45, 7) is 0.593. The lowest BCUT2D eigenvalue weighted by Gasteiger charge is -2.27. The first kappa shape index (κ1) is 14.3. The van der Waals surface area contributed by atoms with E-state index in [0.717, 1.165) is 43.4 Å². The van der Waals surface area contributed by atoms with E-state index in [4.69, 9.17) is 5.73 Å². The van der Waals surface area contributed by atoms with E-state index in [9.17, 15) is 13.2 Å². The maximum absolute atomic E-state index is 12.4. The van der Waals surface area contributed by atoms with Gasteiger partial charge in [0.25, 0.3) is 0 Å². The molecule has 0 spiro atoms. The Kier molecular flexibility index (Phi) is 4.47. The monoisotopic (exact) mass is 272 g/mol. The predicted molar refractivity (Wildman–Crippen MR) is 68.5 cm³/mol. The summed E-state index contributed by atoms with van der Waals surface area (Å²) in [6, 6.07) is 5.94. The number of hydrogen-bond donors (Lipinski definition) is 2. The molecule has 0 bridgehead atoms. The van der Waals surface area contributed by atoms with E-state index < -0.39 is 11.7 Å². The molecule has 3 N–H and O–H groups in total. The third-order valence-electron chi connectivity index (χ3n) is 3.59. The summed E-state index contributed by atoms with van der Waals surface area (Å²) in [5.74, 6) is 0. The van der Waals surface area contributed by atoms with Crippen LogP contribution in [0.4, 0.5) is 13.2 Å². The van der Waals surface area contributed by atoms with Crippen molar-refractivity contribution in [3.63, 3.8) is 0 Å². The lowest BCUT2D eigenvalue weighted by atomic mass is 9.91. The Balaban J connectivity index is 1.86. The highest BCUT2D eigenvalue weighted by atomic mass is 19.4. The van der Waals surface area contributed by atoms with Gasteiger partial charge in [-0.1, -0.05) is 18.6 Å². The summed E-state index contributed by atoms with van der Waals surface area (Å²) in [7, 11) is 0. The van der Waals surface area contributed by atoms with Crippen LogP contribution in [0.1, 0.15) is 36.8 Å². The Bertz CT molecular complexity index is 400. The first-order chi connectivity index (χ1) is 8.95. The third kappa shape index (κ3) is 4.21. The van der Waals surface area contributed by atoms with Crippen molar-refractivity contribution in [1.29, 1.82) is 0 Å². The van der Waals surface area contributed by atoms with Gasteiger partial charge in [-0.2, -0.15) is 13.2 Å². The molecule has 0 radical (unpaired) electrons. The molecule has 0 aliphatic heterocycles. The first-order valence-electron chi connectivity index (χ1n) is 6.60. The second kappa shape index (κ2) is 5.92. The Morgan fingerprint density at radius 1 is 1.16 bits per heavy atom. The van der Waals surface area contributed by atoms with E-state index in [1.54, 1.807) is 0 Å². The second-order valence-electron chi connectivity index (χ2n) is 5.20. The summed E-state index contributed by atoms with van der Waals surface area (Å²) in [4.78, 5) is 0. The summed E-state index contributed by atoms with van der Waals surface area (Å²) in [5.41, 5.74) is 6.16. The minimum Gasteiger partial charge on any atom is -0.328 e. The van der Waals surface area contributed by atoms with E-state index >= 15 is 0 Å². The van der Waals surface area contributed by atoms with Gasteiger partial charge in [-0.25, -0.2) is 0 Å². The molecule has 2 unspecified atom stereocenters. The van der Waals surface area contributed by atoms with Crippen LogP contribution in [0.2, 0.25) is 0 Å². The number of alkyl halides is 3. The van der Waals surface area contributed by atoms with Gasteiger partial charge >= 0.3 is 6.18 Å². The van der Waals surface area contributed by atoms with Crippen LogP contribution in [0.25, 0.3) is 0 Å². The molecule has 1 aliphatic rings. The zero-order valence-corrected chi connectivity index (χ0v) is 10.7. The Morgan fingerprint density at radius 2 is 1.84 bits per heavy atom. The normalized spacial score (nSPS) is 24.4. The maximum Gasteiger partial charge on any atom is 0.416 e. The van der Waals surface area contributed by atoms with E-state index in [2.05, 4.69) is 5.32 Å². The summed E-state index contributed by atoms with van der Waals surface area (Å²) in [5, 5.41) is 3.37. The first-order valence-corrected chi connectivity index (χ1v) is 6.60. The van der Waals surface area contributed by atoms with Gasteiger partial charge in [0.1, 0.15) is 0 Å². The zero-order chi connectivity index (χ0) is 13.9. The molecule has 1 saturated carbocycles. The predicted octanol–water partition coefficient (Wildman–Crippen LogP) is 3.06. The summed E-state index contributed by atoms with van der Waals surface area (Å²) in [6.07, 6.45) is -0.0403. The topological polar surface area (TPSA) is 38.0 Å². The van der Waals surface area contributed by atoms with Gasteiger partial charge in [-0.3, -0.25) is 0 Å². The van der Waals surface area contributed by atoms with Crippen molar-refractivity contribution in [2.75, 3.05) is 0 Å². The van der Waals surface area contributed by atoms with E-state index in [0.29, 0.717) is 12.6 Å². The molecular weight excluding hydrogens is 253 g/mol. The number of hydrogen-bond acceptors (Lipinski definition) is 2. The van der Waals surface area contributed by atoms with Gasteiger partial charge in [0.15, 0.2) is 0 Å². The standard InChI is InChI=1S/C14H19F3N2/c15-14(16,17)11-6-4-10(5-7-11)9-19-13-3-1-2-12(18)8-13/h4-7,12-13,19H,1-3,8-9,18H2. The smallest absolute Gasteiger partial charge is 0.328 e. The van der Waals surface area contributed by atoms with Crippen molar-refractivity contribution in [1.82, 2.24) is 5.32 Å². The lowest BCUT2D eigenvalue weighted by molar-refractivity contribution is -0.137. The highest BCUT2D eigenvalue weighted by Gasteiger charge is 2.29. The molecule has 2 rings (SSSR count). The molecule has 106 valence electrons. The van der Waals surface area contributed by atoms with Crippen molar-refractivity contribution in [2.45, 2.75) is 50.5 Å². The highest BCUT2D eigenvalue weighted by molar-refractivity contribution is 5.24. The molecule has 1 fully saturated rings. The summed E-state index contributed by atoms with van der Waals surface area (Å²) < 4.78 is 37.2. The van der Waals surface area contributed by atoms with Crippen LogP contribution < -0.4 is 11.1 Å². The Labute approximate surface area is 111 Å². The quantitative estimate of drug-likeness (QED) is 0.887. The van der Waals surface area contributed by atoms with Crippen LogP contribution in [0, 0.1) is 0 Å². The molecule has 19 heavy (non-hydrogen) atoms. The molecule has 1 aromatic rings. The number of benzene rings is 1. The van der Waals surface area contributed by atoms with Crippen LogP contribution in [0.5, 0.6) is 0 Å². The minimum absolute atomic E-state index is 0.249. The van der Waals surface area contributed by atoms with Gasteiger partial charge in [0, 0.05) is 18.6 Å². The van der Waals surface area contributed by atoms with Crippen LogP contribution >= 0.6 is 0 Å². The molecule has 0 amide bonds. The highest BCUT2D eigenvalue weighted by Crippen LogP contribution is 2.29. The van der Waals surface area contributed by atoms with Crippen molar-refractivity contribution in [3.05, 3.63) is 35.4 Å². The van der Waals surface area contributed by atoms with E-state index in [1.807, 2.05) is 0 Å². The maximum atomic E-state index is 12.4. The molecular formula is C14H19F3N2. The second-order valence-corrected chi connectivity index (χ2v) is 5.20. The number of halogens is 3. The fourth-order valence-corrected chi connectivity index (χ4v) is 2.49. The van der Waals surface area contributed by atoms with Crippen molar-refractivity contribution in [3.8, 4) is 0 Å². The van der Waals surface area contributed by atoms with Crippen molar-refractivity contribution >= 4 is 0 Å². The fourth-order valence-electron chi connectivity index (χ4n) is 2.49. The number of nitrogens with one attached hydrogen (secondary N) is 1. The van der Waals surface area contributed by atoms with E-state index in [-0.39, 0.29) is 6.04 Å². The summed E-state index contributed by atoms with van der Waals surface area (Å²) >= 11 is 0. The van der Waals surface area contributed by atoms with Crippen molar-refractivity contribution < 1.29 is 13.2 Å². The lowest BCUT2D eigenvalue weighted by Crippen LogP contribution is -2.39.